The summed E-state index contributed by atoms with van der Waals surface area (Å²) in [5.74, 6) is 0.0807. The highest BCUT2D eigenvalue weighted by Crippen LogP contribution is 2.22. The van der Waals surface area contributed by atoms with Crippen molar-refractivity contribution in [3.63, 3.8) is 0 Å². The molecular weight excluding hydrogens is 405 g/mol. The van der Waals surface area contributed by atoms with Crippen molar-refractivity contribution in [3.8, 4) is 5.69 Å². The van der Waals surface area contributed by atoms with Crippen LogP contribution in [0.5, 0.6) is 0 Å². The van der Waals surface area contributed by atoms with Crippen molar-refractivity contribution in [3.05, 3.63) is 114 Å². The van der Waals surface area contributed by atoms with E-state index in [1.165, 1.54) is 12.1 Å². The van der Waals surface area contributed by atoms with E-state index in [1.807, 2.05) is 58.8 Å². The minimum absolute atomic E-state index is 0.246. The number of para-hydroxylation sites is 2. The van der Waals surface area contributed by atoms with Crippen molar-refractivity contribution in [2.45, 2.75) is 6.04 Å². The first kappa shape index (κ1) is 19.7. The van der Waals surface area contributed by atoms with Crippen LogP contribution in [0, 0.1) is 5.82 Å². The molecule has 3 aromatic carbocycles. The number of aryl methyl sites for hydroxylation is 1. The zero-order valence-corrected chi connectivity index (χ0v) is 17.3. The summed E-state index contributed by atoms with van der Waals surface area (Å²) in [5.41, 5.74) is 4.08. The first-order valence-corrected chi connectivity index (χ1v) is 10.2. The van der Waals surface area contributed by atoms with Gasteiger partial charge in [-0.3, -0.25) is 9.36 Å². The third kappa shape index (κ3) is 3.65. The summed E-state index contributed by atoms with van der Waals surface area (Å²) in [6.45, 7) is 0. The Bertz CT molecular complexity index is 1390. The standard InChI is InChI=1S/C25H20FN5O/c1-30-15-14-27-24(30)23(17-6-10-19(26)11-7-17)29-25(32)18-8-12-20(13-9-18)31-16-28-21-4-2-3-5-22(21)31/h2-16,23H,1H3,(H,29,32). The van der Waals surface area contributed by atoms with E-state index in [4.69, 9.17) is 0 Å². The first-order chi connectivity index (χ1) is 15.6. The number of aromatic nitrogens is 4. The topological polar surface area (TPSA) is 64.7 Å². The number of nitrogens with zero attached hydrogens (tertiary/aromatic N) is 4. The number of halogens is 1. The molecule has 0 aliphatic rings. The van der Waals surface area contributed by atoms with Gasteiger partial charge in [-0.2, -0.15) is 0 Å². The van der Waals surface area contributed by atoms with Gasteiger partial charge in [0, 0.05) is 30.7 Å². The maximum atomic E-state index is 13.4. The van der Waals surface area contributed by atoms with Crippen LogP contribution < -0.4 is 5.32 Å². The van der Waals surface area contributed by atoms with E-state index in [9.17, 15) is 9.18 Å². The lowest BCUT2D eigenvalue weighted by Crippen LogP contribution is -2.31. The fourth-order valence-electron chi connectivity index (χ4n) is 3.76. The van der Waals surface area contributed by atoms with Crippen molar-refractivity contribution in [2.24, 2.45) is 7.05 Å². The molecule has 0 aliphatic heterocycles. The summed E-state index contributed by atoms with van der Waals surface area (Å²) in [6, 6.07) is 20.8. The summed E-state index contributed by atoms with van der Waals surface area (Å²) in [5, 5.41) is 3.03. The van der Waals surface area contributed by atoms with Gasteiger partial charge in [0.2, 0.25) is 0 Å². The average Bonchev–Trinajstić information content (AvgIpc) is 3.44. The number of benzene rings is 3. The second-order valence-corrected chi connectivity index (χ2v) is 7.50. The number of nitrogens with one attached hydrogen (secondary N) is 1. The molecule has 0 bridgehead atoms. The van der Waals surface area contributed by atoms with Crippen LogP contribution in [0.4, 0.5) is 4.39 Å². The summed E-state index contributed by atoms with van der Waals surface area (Å²) in [4.78, 5) is 21.9. The van der Waals surface area contributed by atoms with Crippen LogP contribution in [-0.4, -0.2) is 25.0 Å². The lowest BCUT2D eigenvalue weighted by atomic mass is 10.0. The fraction of sp³-hybridized carbons (Fsp3) is 0.0800. The summed E-state index contributed by atoms with van der Waals surface area (Å²) >= 11 is 0. The summed E-state index contributed by atoms with van der Waals surface area (Å²) < 4.78 is 17.2. The molecule has 0 radical (unpaired) electrons. The van der Waals surface area contributed by atoms with Crippen molar-refractivity contribution in [1.82, 2.24) is 24.4 Å². The fourth-order valence-corrected chi connectivity index (χ4v) is 3.76. The number of imidazole rings is 2. The molecule has 32 heavy (non-hydrogen) atoms. The van der Waals surface area contributed by atoms with Gasteiger partial charge in [0.1, 0.15) is 24.0 Å². The van der Waals surface area contributed by atoms with Gasteiger partial charge in [-0.1, -0.05) is 24.3 Å². The number of carbonyl (C=O) groups excluding carboxylic acids is 1. The molecule has 6 nitrogen and oxygen atoms in total. The van der Waals surface area contributed by atoms with Crippen molar-refractivity contribution in [2.75, 3.05) is 0 Å². The smallest absolute Gasteiger partial charge is 0.252 e. The first-order valence-electron chi connectivity index (χ1n) is 10.2. The molecule has 5 aromatic rings. The van der Waals surface area contributed by atoms with E-state index < -0.39 is 6.04 Å². The largest absolute Gasteiger partial charge is 0.338 e. The number of amides is 1. The number of fused-ring (bicyclic) bond motifs is 1. The Kier molecular flexibility index (Phi) is 4.99. The van der Waals surface area contributed by atoms with Gasteiger partial charge in [0.25, 0.3) is 5.91 Å². The molecule has 158 valence electrons. The molecule has 0 fully saturated rings. The van der Waals surface area contributed by atoms with E-state index in [-0.39, 0.29) is 11.7 Å². The minimum atomic E-state index is -0.514. The number of carbonyl (C=O) groups is 1. The Morgan fingerprint density at radius 1 is 0.969 bits per heavy atom. The lowest BCUT2D eigenvalue weighted by Gasteiger charge is -2.19. The number of rotatable bonds is 5. The zero-order valence-electron chi connectivity index (χ0n) is 17.3. The quantitative estimate of drug-likeness (QED) is 0.453. The second-order valence-electron chi connectivity index (χ2n) is 7.50. The monoisotopic (exact) mass is 425 g/mol. The average molecular weight is 425 g/mol. The maximum absolute atomic E-state index is 13.4. The van der Waals surface area contributed by atoms with Crippen LogP contribution >= 0.6 is 0 Å². The normalized spacial score (nSPS) is 12.1. The van der Waals surface area contributed by atoms with Gasteiger partial charge in [-0.25, -0.2) is 14.4 Å². The Balaban J connectivity index is 1.42. The van der Waals surface area contributed by atoms with Crippen LogP contribution in [0.15, 0.2) is 91.5 Å². The Morgan fingerprint density at radius 2 is 1.72 bits per heavy atom. The second kappa shape index (κ2) is 8.11. The van der Waals surface area contributed by atoms with E-state index in [0.717, 1.165) is 22.3 Å². The third-order valence-corrected chi connectivity index (χ3v) is 5.46. The Morgan fingerprint density at radius 3 is 2.44 bits per heavy atom. The molecule has 1 amide bonds. The van der Waals surface area contributed by atoms with Gasteiger partial charge < -0.3 is 9.88 Å². The highest BCUT2D eigenvalue weighted by molar-refractivity contribution is 5.95. The number of hydrogen-bond acceptors (Lipinski definition) is 3. The molecule has 2 heterocycles. The molecule has 1 unspecified atom stereocenters. The molecule has 1 atom stereocenters. The molecule has 0 aliphatic carbocycles. The predicted molar refractivity (Wildman–Crippen MR) is 120 cm³/mol. The molecule has 0 spiro atoms. The maximum Gasteiger partial charge on any atom is 0.252 e. The summed E-state index contributed by atoms with van der Waals surface area (Å²) in [6.07, 6.45) is 5.25. The van der Waals surface area contributed by atoms with Crippen LogP contribution in [0.25, 0.3) is 16.7 Å². The van der Waals surface area contributed by atoms with Crippen LogP contribution in [0.2, 0.25) is 0 Å². The van der Waals surface area contributed by atoms with Crippen molar-refractivity contribution >= 4 is 16.9 Å². The third-order valence-electron chi connectivity index (χ3n) is 5.46. The van der Waals surface area contributed by atoms with Gasteiger partial charge in [-0.05, 0) is 54.1 Å². The van der Waals surface area contributed by atoms with Crippen LogP contribution in [-0.2, 0) is 7.05 Å². The Labute approximate surface area is 184 Å². The lowest BCUT2D eigenvalue weighted by molar-refractivity contribution is 0.0941. The van der Waals surface area contributed by atoms with Crippen LogP contribution in [0.1, 0.15) is 27.8 Å². The van der Waals surface area contributed by atoms with Crippen molar-refractivity contribution < 1.29 is 9.18 Å². The molecule has 0 saturated heterocycles. The zero-order chi connectivity index (χ0) is 22.1. The molecule has 5 rings (SSSR count). The Hall–Kier alpha value is -4.26. The van der Waals surface area contributed by atoms with E-state index in [2.05, 4.69) is 15.3 Å². The minimum Gasteiger partial charge on any atom is -0.338 e. The highest BCUT2D eigenvalue weighted by atomic mass is 19.1. The SMILES string of the molecule is Cn1ccnc1C(NC(=O)c1ccc(-n2cnc3ccccc32)cc1)c1ccc(F)cc1. The molecule has 7 heteroatoms. The molecular formula is C25H20FN5O. The van der Waals surface area contributed by atoms with Gasteiger partial charge in [-0.15, -0.1) is 0 Å². The van der Waals surface area contributed by atoms with Gasteiger partial charge in [0.15, 0.2) is 0 Å². The number of hydrogen-bond donors (Lipinski definition) is 1. The van der Waals surface area contributed by atoms with E-state index >= 15 is 0 Å². The van der Waals surface area contributed by atoms with Crippen molar-refractivity contribution in [1.29, 1.82) is 0 Å². The predicted octanol–water partition coefficient (Wildman–Crippen LogP) is 4.42. The van der Waals surface area contributed by atoms with Crippen LogP contribution in [0.3, 0.4) is 0 Å². The molecule has 2 aromatic heterocycles. The molecule has 0 saturated carbocycles. The van der Waals surface area contributed by atoms with Gasteiger partial charge in [0.05, 0.1) is 11.0 Å². The highest BCUT2D eigenvalue weighted by Gasteiger charge is 2.21. The van der Waals surface area contributed by atoms with E-state index in [1.54, 1.807) is 36.8 Å². The van der Waals surface area contributed by atoms with E-state index in [0.29, 0.717) is 11.4 Å². The summed E-state index contributed by atoms with van der Waals surface area (Å²) in [7, 11) is 1.86. The molecule has 1 N–H and O–H groups in total. The van der Waals surface area contributed by atoms with Gasteiger partial charge >= 0.3 is 0 Å².